The maximum Gasteiger partial charge on any atom is 0.271 e. The number of nitro benzene ring substituents is 1. The average molecular weight is 413 g/mol. The lowest BCUT2D eigenvalue weighted by Crippen LogP contribution is -2.15. The summed E-state index contributed by atoms with van der Waals surface area (Å²) in [6, 6.07) is 15.2. The Morgan fingerprint density at radius 2 is 2.00 bits per heavy atom. The van der Waals surface area contributed by atoms with E-state index in [0.29, 0.717) is 23.2 Å². The van der Waals surface area contributed by atoms with Crippen LogP contribution in [0, 0.1) is 10.1 Å². The van der Waals surface area contributed by atoms with Crippen LogP contribution < -0.4 is 10.1 Å². The number of hydrogen-bond donors (Lipinski definition) is 1. The van der Waals surface area contributed by atoms with E-state index in [9.17, 15) is 14.9 Å². The first-order valence-corrected chi connectivity index (χ1v) is 9.82. The number of amides is 1. The first-order chi connectivity index (χ1) is 14.1. The second kappa shape index (κ2) is 9.69. The third kappa shape index (κ3) is 5.55. The molecular formula is C19H19N5O4S. The maximum atomic E-state index is 12.2. The highest BCUT2D eigenvalue weighted by Gasteiger charge is 2.14. The van der Waals surface area contributed by atoms with Crippen LogP contribution in [-0.2, 0) is 17.9 Å². The molecule has 0 spiro atoms. The molecule has 0 aliphatic heterocycles. The van der Waals surface area contributed by atoms with E-state index in [-0.39, 0.29) is 24.0 Å². The fourth-order valence-corrected chi connectivity index (χ4v) is 3.36. The summed E-state index contributed by atoms with van der Waals surface area (Å²) in [6.07, 6.45) is 0. The molecule has 1 N–H and O–H groups in total. The van der Waals surface area contributed by atoms with Crippen LogP contribution in [0.5, 0.6) is 5.75 Å². The molecule has 0 fully saturated rings. The standard InChI is InChI=1S/C19H19N5O4S/c1-2-23-17(12-28-16-9-4-3-5-10-16)21-22-19(23)29-13-18(25)20-14-7-6-8-15(11-14)24(26)27/h3-11H,2,12-13H2,1H3,(H,20,25). The van der Waals surface area contributed by atoms with Gasteiger partial charge in [-0.1, -0.05) is 36.0 Å². The Morgan fingerprint density at radius 1 is 1.21 bits per heavy atom. The number of carbonyl (C=O) groups is 1. The molecule has 3 rings (SSSR count). The minimum atomic E-state index is -0.507. The van der Waals surface area contributed by atoms with E-state index >= 15 is 0 Å². The van der Waals surface area contributed by atoms with Crippen molar-refractivity contribution in [1.82, 2.24) is 14.8 Å². The molecule has 0 aliphatic rings. The van der Waals surface area contributed by atoms with E-state index in [1.54, 1.807) is 6.07 Å². The van der Waals surface area contributed by atoms with Crippen LogP contribution in [0.15, 0.2) is 59.8 Å². The largest absolute Gasteiger partial charge is 0.486 e. The van der Waals surface area contributed by atoms with Crippen LogP contribution in [0.2, 0.25) is 0 Å². The predicted molar refractivity (Wildman–Crippen MR) is 109 cm³/mol. The van der Waals surface area contributed by atoms with Gasteiger partial charge in [0.15, 0.2) is 11.0 Å². The van der Waals surface area contributed by atoms with Crippen molar-refractivity contribution in [2.45, 2.75) is 25.2 Å². The Labute approximate surface area is 171 Å². The summed E-state index contributed by atoms with van der Waals surface area (Å²) in [6.45, 7) is 2.86. The summed E-state index contributed by atoms with van der Waals surface area (Å²) in [7, 11) is 0. The average Bonchev–Trinajstić information content (AvgIpc) is 3.13. The first-order valence-electron chi connectivity index (χ1n) is 8.84. The highest BCUT2D eigenvalue weighted by atomic mass is 32.2. The highest BCUT2D eigenvalue weighted by molar-refractivity contribution is 7.99. The van der Waals surface area contributed by atoms with Crippen LogP contribution in [0.1, 0.15) is 12.7 Å². The molecule has 1 aromatic heterocycles. The number of nitro groups is 1. The Bertz CT molecular complexity index is 993. The van der Waals surface area contributed by atoms with Crippen molar-refractivity contribution in [2.75, 3.05) is 11.1 Å². The summed E-state index contributed by atoms with van der Waals surface area (Å²) in [5.74, 6) is 1.21. The third-order valence-corrected chi connectivity index (χ3v) is 4.86. The number of nitrogens with zero attached hydrogens (tertiary/aromatic N) is 4. The quantitative estimate of drug-likeness (QED) is 0.324. The molecule has 150 valence electrons. The molecule has 29 heavy (non-hydrogen) atoms. The number of rotatable bonds is 9. The monoisotopic (exact) mass is 413 g/mol. The minimum Gasteiger partial charge on any atom is -0.486 e. The van der Waals surface area contributed by atoms with Crippen molar-refractivity contribution in [3.8, 4) is 5.75 Å². The van der Waals surface area contributed by atoms with Crippen molar-refractivity contribution >= 4 is 29.0 Å². The van der Waals surface area contributed by atoms with Crippen molar-refractivity contribution in [3.05, 3.63) is 70.5 Å². The summed E-state index contributed by atoms with van der Waals surface area (Å²) in [4.78, 5) is 22.5. The lowest BCUT2D eigenvalue weighted by atomic mass is 10.3. The van der Waals surface area contributed by atoms with E-state index in [0.717, 1.165) is 5.75 Å². The molecule has 0 unspecified atom stereocenters. The van der Waals surface area contributed by atoms with Crippen LogP contribution >= 0.6 is 11.8 Å². The van der Waals surface area contributed by atoms with Crippen molar-refractivity contribution < 1.29 is 14.5 Å². The number of benzene rings is 2. The second-order valence-corrected chi connectivity index (χ2v) is 6.83. The van der Waals surface area contributed by atoms with Gasteiger partial charge >= 0.3 is 0 Å². The number of carbonyl (C=O) groups excluding carboxylic acids is 1. The molecule has 0 bridgehead atoms. The van der Waals surface area contributed by atoms with Gasteiger partial charge in [-0.05, 0) is 25.1 Å². The van der Waals surface area contributed by atoms with Crippen molar-refractivity contribution in [2.24, 2.45) is 0 Å². The van der Waals surface area contributed by atoms with Crippen LogP contribution in [0.4, 0.5) is 11.4 Å². The fourth-order valence-electron chi connectivity index (χ4n) is 2.54. The molecule has 1 heterocycles. The molecule has 10 heteroatoms. The summed E-state index contributed by atoms with van der Waals surface area (Å²) in [5.41, 5.74) is 0.294. The summed E-state index contributed by atoms with van der Waals surface area (Å²) in [5, 5.41) is 22.4. The SMILES string of the molecule is CCn1c(COc2ccccc2)nnc1SCC(=O)Nc1cccc([N+](=O)[O-])c1. The number of hydrogen-bond acceptors (Lipinski definition) is 7. The van der Waals surface area contributed by atoms with Crippen LogP contribution in [0.25, 0.3) is 0 Å². The van der Waals surface area contributed by atoms with Gasteiger partial charge in [-0.3, -0.25) is 14.9 Å². The number of ether oxygens (including phenoxy) is 1. The Morgan fingerprint density at radius 3 is 2.72 bits per heavy atom. The number of para-hydroxylation sites is 1. The topological polar surface area (TPSA) is 112 Å². The molecule has 0 aliphatic carbocycles. The molecule has 0 atom stereocenters. The first kappa shape index (κ1) is 20.3. The van der Waals surface area contributed by atoms with Gasteiger partial charge in [0, 0.05) is 24.4 Å². The number of aromatic nitrogens is 3. The minimum absolute atomic E-state index is 0.0794. The van der Waals surface area contributed by atoms with E-state index in [1.807, 2.05) is 41.8 Å². The van der Waals surface area contributed by atoms with Crippen LogP contribution in [0.3, 0.4) is 0 Å². The van der Waals surface area contributed by atoms with Gasteiger partial charge < -0.3 is 14.6 Å². The van der Waals surface area contributed by atoms with Gasteiger partial charge in [0.2, 0.25) is 5.91 Å². The molecule has 1 amide bonds. The van der Waals surface area contributed by atoms with Crippen molar-refractivity contribution in [3.63, 3.8) is 0 Å². The molecule has 0 saturated heterocycles. The van der Waals surface area contributed by atoms with Gasteiger partial charge in [0.25, 0.3) is 5.69 Å². The number of non-ortho nitro benzene ring substituents is 1. The Kier molecular flexibility index (Phi) is 6.80. The molecule has 9 nitrogen and oxygen atoms in total. The van der Waals surface area contributed by atoms with E-state index in [4.69, 9.17) is 4.74 Å². The predicted octanol–water partition coefficient (Wildman–Crippen LogP) is 3.52. The van der Waals surface area contributed by atoms with E-state index in [1.165, 1.54) is 30.0 Å². The lowest BCUT2D eigenvalue weighted by Gasteiger charge is -2.09. The molecule has 0 saturated carbocycles. The number of nitrogens with one attached hydrogen (secondary N) is 1. The van der Waals surface area contributed by atoms with E-state index < -0.39 is 4.92 Å². The second-order valence-electron chi connectivity index (χ2n) is 5.89. The molecule has 0 radical (unpaired) electrons. The summed E-state index contributed by atoms with van der Waals surface area (Å²) < 4.78 is 7.60. The van der Waals surface area contributed by atoms with E-state index in [2.05, 4.69) is 15.5 Å². The molecule has 2 aromatic carbocycles. The fraction of sp³-hybridized carbons (Fsp3) is 0.211. The normalized spacial score (nSPS) is 10.5. The Balaban J connectivity index is 1.57. The van der Waals surface area contributed by atoms with Crippen molar-refractivity contribution in [1.29, 1.82) is 0 Å². The third-order valence-electron chi connectivity index (χ3n) is 3.89. The number of thioether (sulfide) groups is 1. The number of anilines is 1. The zero-order valence-electron chi connectivity index (χ0n) is 15.6. The van der Waals surface area contributed by atoms with Gasteiger partial charge in [-0.2, -0.15) is 0 Å². The maximum absolute atomic E-state index is 12.2. The zero-order chi connectivity index (χ0) is 20.6. The molecular weight excluding hydrogens is 394 g/mol. The zero-order valence-corrected chi connectivity index (χ0v) is 16.5. The Hall–Kier alpha value is -3.40. The smallest absolute Gasteiger partial charge is 0.271 e. The van der Waals surface area contributed by atoms with Gasteiger partial charge in [0.05, 0.1) is 10.7 Å². The highest BCUT2D eigenvalue weighted by Crippen LogP contribution is 2.20. The van der Waals surface area contributed by atoms with Gasteiger partial charge in [0.1, 0.15) is 12.4 Å². The van der Waals surface area contributed by atoms with Crippen LogP contribution in [-0.4, -0.2) is 31.3 Å². The van der Waals surface area contributed by atoms with Gasteiger partial charge in [-0.15, -0.1) is 10.2 Å². The van der Waals surface area contributed by atoms with Gasteiger partial charge in [-0.25, -0.2) is 0 Å². The lowest BCUT2D eigenvalue weighted by molar-refractivity contribution is -0.384. The summed E-state index contributed by atoms with van der Waals surface area (Å²) >= 11 is 1.24. The molecule has 3 aromatic rings.